The molecule has 0 amide bonds. The van der Waals surface area contributed by atoms with Crippen LogP contribution in [0.2, 0.25) is 0 Å². The molecule has 13 aromatic carbocycles. The third-order valence-electron chi connectivity index (χ3n) is 21.4. The van der Waals surface area contributed by atoms with Gasteiger partial charge in [0, 0.05) is 98.7 Å². The van der Waals surface area contributed by atoms with Crippen molar-refractivity contribution in [2.75, 3.05) is 19.6 Å². The van der Waals surface area contributed by atoms with Gasteiger partial charge >= 0.3 is 0 Å². The monoisotopic (exact) mass is 1240 g/mol. The Morgan fingerprint density at radius 2 is 0.755 bits per heavy atom. The van der Waals surface area contributed by atoms with E-state index in [1.165, 1.54) is 131 Å². The molecule has 0 N–H and O–H groups in total. The van der Waals surface area contributed by atoms with Crippen molar-refractivity contribution in [2.45, 2.75) is 72.0 Å². The number of fused-ring (bicyclic) bond motifs is 16. The summed E-state index contributed by atoms with van der Waals surface area (Å²) in [5, 5.41) is 0. The van der Waals surface area contributed by atoms with E-state index in [2.05, 4.69) is 340 Å². The molecule has 94 heavy (non-hydrogen) atoms. The van der Waals surface area contributed by atoms with Crippen LogP contribution in [0, 0.1) is 13.8 Å². The zero-order valence-electron chi connectivity index (χ0n) is 53.3. The van der Waals surface area contributed by atoms with E-state index < -0.39 is 5.41 Å². The molecule has 0 spiro atoms. The normalized spacial score (nSPS) is 14.7. The molecule has 0 fully saturated rings. The largest absolute Gasteiger partial charge is 0.311 e. The third kappa shape index (κ3) is 7.81. The van der Waals surface area contributed by atoms with Crippen LogP contribution in [-0.2, 0) is 10.8 Å². The van der Waals surface area contributed by atoms with Crippen molar-refractivity contribution in [3.05, 3.63) is 312 Å². The van der Waals surface area contributed by atoms with Crippen molar-refractivity contribution < 1.29 is 0 Å². The van der Waals surface area contributed by atoms with Crippen molar-refractivity contribution in [2.24, 2.45) is 0 Å². The molecule has 4 nitrogen and oxygen atoms in total. The maximum Gasteiger partial charge on any atom is 0.252 e. The maximum atomic E-state index is 2.69. The van der Waals surface area contributed by atoms with Crippen LogP contribution in [0.1, 0.15) is 61.1 Å². The third-order valence-corrected chi connectivity index (χ3v) is 23.9. The molecule has 0 bridgehead atoms. The summed E-state index contributed by atoms with van der Waals surface area (Å²) in [6.07, 6.45) is 0. The zero-order chi connectivity index (χ0) is 62.9. The highest BCUT2D eigenvalue weighted by molar-refractivity contribution is 8.01. The number of nitrogens with zero attached hydrogens (tertiary/aromatic N) is 4. The standard InChI is InChI=1S/C86H64B2N4S2/c1-53-77-81(54(2)83-78(53)88-70-42-26-28-44-73(70)93-84-76-66(52-74(94-83)80(84)88)64-48-46-62(50-68(64)86(76,5)6)90(57-33-17-9-18-34-57)58-35-19-10-20-36-58)92(60-39-23-12-24-40-60)72-51-65-63-47-45-61(89(55-29-13-7-14-30-55)56-31-15-8-16-32-56)49-67(63)85(3,4)75(65)82-79(72)87(77)69-41-25-27-43-71(69)91(82)59-37-21-11-22-38-59/h7-52H,1-6H3. The highest BCUT2D eigenvalue weighted by Gasteiger charge is 2.53. The fourth-order valence-corrected chi connectivity index (χ4v) is 20.3. The molecule has 4 heterocycles. The number of benzene rings is 13. The quantitative estimate of drug-likeness (QED) is 0.140. The van der Waals surface area contributed by atoms with Crippen molar-refractivity contribution in [1.29, 1.82) is 0 Å². The lowest BCUT2D eigenvalue weighted by Gasteiger charge is -2.48. The van der Waals surface area contributed by atoms with Gasteiger partial charge in [0.1, 0.15) is 0 Å². The summed E-state index contributed by atoms with van der Waals surface area (Å²) in [6.45, 7) is 14.8. The molecule has 0 unspecified atom stereocenters. The minimum Gasteiger partial charge on any atom is -0.311 e. The van der Waals surface area contributed by atoms with Gasteiger partial charge < -0.3 is 19.6 Å². The Balaban J connectivity index is 0.856. The van der Waals surface area contributed by atoms with Crippen LogP contribution in [0.25, 0.3) is 22.3 Å². The number of hydrogen-bond acceptors (Lipinski definition) is 6. The van der Waals surface area contributed by atoms with Gasteiger partial charge in [0.2, 0.25) is 6.71 Å². The average Bonchev–Trinajstić information content (AvgIpc) is 1.23. The smallest absolute Gasteiger partial charge is 0.252 e. The van der Waals surface area contributed by atoms with Gasteiger partial charge in [-0.05, 0) is 207 Å². The average molecular weight is 1240 g/mol. The molecule has 0 aromatic heterocycles. The fourth-order valence-electron chi connectivity index (χ4n) is 17.4. The van der Waals surface area contributed by atoms with Crippen LogP contribution in [0.3, 0.4) is 0 Å². The minimum absolute atomic E-state index is 0.00871. The molecule has 4 aliphatic heterocycles. The molecular weight excluding hydrogens is 1170 g/mol. The summed E-state index contributed by atoms with van der Waals surface area (Å²) in [7, 11) is 0. The Morgan fingerprint density at radius 1 is 0.319 bits per heavy atom. The predicted molar refractivity (Wildman–Crippen MR) is 400 cm³/mol. The van der Waals surface area contributed by atoms with E-state index in [0.29, 0.717) is 0 Å². The van der Waals surface area contributed by atoms with Crippen LogP contribution < -0.4 is 52.4 Å². The van der Waals surface area contributed by atoms with Crippen LogP contribution in [0.15, 0.2) is 299 Å². The maximum absolute atomic E-state index is 2.69. The van der Waals surface area contributed by atoms with Crippen LogP contribution in [0.5, 0.6) is 0 Å². The van der Waals surface area contributed by atoms with Gasteiger partial charge in [0.25, 0.3) is 6.71 Å². The summed E-state index contributed by atoms with van der Waals surface area (Å²) in [4.78, 5) is 15.7. The van der Waals surface area contributed by atoms with E-state index in [1.54, 1.807) is 0 Å². The van der Waals surface area contributed by atoms with Crippen LogP contribution in [-0.4, -0.2) is 13.4 Å². The van der Waals surface area contributed by atoms with Crippen LogP contribution in [0.4, 0.5) is 68.2 Å². The van der Waals surface area contributed by atoms with Crippen molar-refractivity contribution in [1.82, 2.24) is 0 Å². The second-order valence-corrected chi connectivity index (χ2v) is 29.2. The van der Waals surface area contributed by atoms with Crippen molar-refractivity contribution in [3.8, 4) is 22.3 Å². The van der Waals surface area contributed by atoms with E-state index in [0.717, 1.165) is 45.5 Å². The molecule has 0 saturated carbocycles. The van der Waals surface area contributed by atoms with E-state index >= 15 is 0 Å². The van der Waals surface area contributed by atoms with Crippen molar-refractivity contribution in [3.63, 3.8) is 0 Å². The molecule has 8 heteroatoms. The van der Waals surface area contributed by atoms with Gasteiger partial charge in [-0.15, -0.1) is 0 Å². The number of anilines is 12. The number of hydrogen-bond donors (Lipinski definition) is 0. The summed E-state index contributed by atoms with van der Waals surface area (Å²) in [5.74, 6) is 0. The first kappa shape index (κ1) is 55.5. The Bertz CT molecular complexity index is 5230. The SMILES string of the molecule is Cc1c2c(c(C)c3c1B1c4ccccc4N(c4ccccc4)c4c1c(cc1c4C(C)(C)c4cc(N(c5ccccc5)c5ccccc5)ccc4-1)N3c1ccccc1)Sc1cc3c(c4c1B2c1ccccc1S4)C(C)(C)c1cc(N(c2ccccc2)c2ccccc2)ccc1-3. The molecule has 19 rings (SSSR count). The lowest BCUT2D eigenvalue weighted by atomic mass is 9.30. The van der Waals surface area contributed by atoms with E-state index in [-0.39, 0.29) is 18.8 Å². The molecular formula is C86H64B2N4S2. The van der Waals surface area contributed by atoms with Crippen LogP contribution >= 0.6 is 23.5 Å². The summed E-state index contributed by atoms with van der Waals surface area (Å²) in [6, 6.07) is 104. The van der Waals surface area contributed by atoms with E-state index in [9.17, 15) is 0 Å². The number of para-hydroxylation sites is 7. The molecule has 446 valence electrons. The highest BCUT2D eigenvalue weighted by atomic mass is 32.2. The second kappa shape index (κ2) is 20.7. The predicted octanol–water partition coefficient (Wildman–Crippen LogP) is 19.4. The Hall–Kier alpha value is -10.1. The molecule has 0 radical (unpaired) electrons. The van der Waals surface area contributed by atoms with Gasteiger partial charge in [0.15, 0.2) is 0 Å². The molecule has 0 saturated heterocycles. The first-order valence-corrected chi connectivity index (χ1v) is 34.6. The first-order valence-electron chi connectivity index (χ1n) is 33.0. The highest BCUT2D eigenvalue weighted by Crippen LogP contribution is 2.61. The summed E-state index contributed by atoms with van der Waals surface area (Å²) < 4.78 is 0. The minimum atomic E-state index is -0.425. The summed E-state index contributed by atoms with van der Waals surface area (Å²) in [5.41, 5.74) is 35.3. The van der Waals surface area contributed by atoms with E-state index in [1.807, 2.05) is 23.5 Å². The Morgan fingerprint density at radius 3 is 1.30 bits per heavy atom. The van der Waals surface area contributed by atoms with Gasteiger partial charge in [-0.2, -0.15) is 0 Å². The lowest BCUT2D eigenvalue weighted by Crippen LogP contribution is -2.66. The lowest BCUT2D eigenvalue weighted by molar-refractivity contribution is 0.647. The molecule has 0 atom stereocenters. The zero-order valence-corrected chi connectivity index (χ0v) is 55.0. The molecule has 2 aliphatic carbocycles. The Kier molecular flexibility index (Phi) is 12.2. The fraction of sp³-hybridized carbons (Fsp3) is 0.0930. The first-order chi connectivity index (χ1) is 46.0. The van der Waals surface area contributed by atoms with Gasteiger partial charge in [0.05, 0.1) is 0 Å². The summed E-state index contributed by atoms with van der Waals surface area (Å²) >= 11 is 4.02. The number of rotatable bonds is 8. The second-order valence-electron chi connectivity index (χ2n) is 27.1. The van der Waals surface area contributed by atoms with Gasteiger partial charge in [-0.25, -0.2) is 0 Å². The van der Waals surface area contributed by atoms with E-state index in [4.69, 9.17) is 0 Å². The molecule has 13 aromatic rings. The Labute approximate surface area is 560 Å². The van der Waals surface area contributed by atoms with Gasteiger partial charge in [-0.1, -0.05) is 225 Å². The van der Waals surface area contributed by atoms with Crippen molar-refractivity contribution >= 4 is 138 Å². The molecule has 6 aliphatic rings. The van der Waals surface area contributed by atoms with Gasteiger partial charge in [-0.3, -0.25) is 0 Å². The topological polar surface area (TPSA) is 13.0 Å².